The molecule has 0 aromatic heterocycles. The molecule has 0 spiro atoms. The van der Waals surface area contributed by atoms with Gasteiger partial charge in [0.25, 0.3) is 0 Å². The van der Waals surface area contributed by atoms with E-state index in [-0.39, 0.29) is 131 Å². The van der Waals surface area contributed by atoms with Gasteiger partial charge in [0.05, 0.1) is 0 Å². The Bertz CT molecular complexity index is 36.7. The molecular weight excluding hydrogens is 440 g/mol. The summed E-state index contributed by atoms with van der Waals surface area (Å²) in [5, 5.41) is 6.76. The van der Waals surface area contributed by atoms with E-state index in [1.54, 1.807) is 0 Å². The first-order valence-electron chi connectivity index (χ1n) is 1.13. The van der Waals surface area contributed by atoms with E-state index in [0.29, 0.717) is 6.47 Å². The Balaban J connectivity index is -0.00000000571. The van der Waals surface area contributed by atoms with Crippen LogP contribution < -0.4 is 0 Å². The van der Waals surface area contributed by atoms with Crippen LogP contribution in [0, 0.1) is 0 Å². The minimum absolute atomic E-state index is 0. The van der Waals surface area contributed by atoms with Crippen molar-refractivity contribution in [3.8, 4) is 0 Å². The second-order valence-electron chi connectivity index (χ2n) is 0.295. The smallest absolute Gasteiger partial charge is 0 e. The van der Waals surface area contributed by atoms with E-state index in [1.165, 1.54) is 13.2 Å². The van der Waals surface area contributed by atoms with Gasteiger partial charge in [0.1, 0.15) is 0 Å². The maximum absolute atomic E-state index is 8.68. The molecule has 0 amide bonds. The number of hydrogen-bond donors (Lipinski definition) is 1. The number of rotatable bonds is 0. The molecule has 0 heterocycles. The Morgan fingerprint density at radius 3 is 1.00 bits per heavy atom. The van der Waals surface area contributed by atoms with Crippen LogP contribution in [-0.2, 0) is 140 Å². The minimum Gasteiger partial charge on any atom is -0.665 e. The molecule has 7 heteroatoms. The average molecular weight is 444 g/mol. The van der Waals surface area contributed by atoms with E-state index in [0.717, 1.165) is 0 Å². The van der Waals surface area contributed by atoms with Crippen LogP contribution in [0.4, 0.5) is 0 Å². The second kappa shape index (κ2) is 54.3. The zero-order valence-corrected chi connectivity index (χ0v) is 16.9. The van der Waals surface area contributed by atoms with Crippen molar-refractivity contribution in [3.05, 3.63) is 0 Å². The third-order valence-electron chi connectivity index (χ3n) is 0. The summed E-state index contributed by atoms with van der Waals surface area (Å²) in [4.78, 5) is 16.9. The van der Waals surface area contributed by atoms with Gasteiger partial charge in [-0.3, -0.25) is 6.29 Å². The summed E-state index contributed by atoms with van der Waals surface area (Å²) in [6.45, 7) is 1.82. The van der Waals surface area contributed by atoms with Crippen LogP contribution in [0.2, 0.25) is 0 Å². The zero-order chi connectivity index (χ0) is 5.41. The summed E-state index contributed by atoms with van der Waals surface area (Å²) in [6, 6.07) is 0. The van der Waals surface area contributed by atoms with Crippen molar-refractivity contribution in [2.24, 2.45) is 0 Å². The van der Waals surface area contributed by atoms with Crippen LogP contribution in [0.5, 0.6) is 0 Å². The van der Waals surface area contributed by atoms with E-state index in [2.05, 4.69) is 0 Å². The van der Waals surface area contributed by atoms with Crippen molar-refractivity contribution in [1.82, 2.24) is 0 Å². The van der Waals surface area contributed by atoms with Gasteiger partial charge in [-0.05, 0) is 0 Å². The summed E-state index contributed by atoms with van der Waals surface area (Å²) in [7, 11) is 0. The first kappa shape index (κ1) is 37.4. The molecule has 0 fully saturated rings. The van der Waals surface area contributed by atoms with E-state index in [9.17, 15) is 0 Å². The predicted octanol–water partition coefficient (Wildman–Crippen LogP) is -0.282. The standard InChI is InChI=1S/C2H3O.CHO2.4Y/c1-2-3;2-1-3;;;;/h1H3;(H,2,3);;;;/q2*-1;;;;. The molecule has 10 heavy (non-hydrogen) atoms. The molecule has 48 valence electrons. The molecule has 0 saturated carbocycles. The fourth-order valence-electron chi connectivity index (χ4n) is 0. The number of carbonyl (C=O) groups excluding carboxylic acids is 1. The average Bonchev–Trinajstić information content (AvgIpc) is 1.39. The Labute approximate surface area is 161 Å². The summed E-state index contributed by atoms with van der Waals surface area (Å²) in [5.41, 5.74) is 0. The van der Waals surface area contributed by atoms with E-state index < -0.39 is 0 Å². The number of aliphatic hydroxyl groups excluding tert-OH is 1. The normalized spacial score (nSPS) is 2.50. The van der Waals surface area contributed by atoms with Gasteiger partial charge in [-0.25, -0.2) is 0 Å². The maximum Gasteiger partial charge on any atom is 0 e. The molecule has 0 unspecified atom stereocenters. The van der Waals surface area contributed by atoms with Crippen LogP contribution in [0.1, 0.15) is 6.92 Å². The van der Waals surface area contributed by atoms with Crippen LogP contribution in [-0.4, -0.2) is 17.9 Å². The van der Waals surface area contributed by atoms with Crippen molar-refractivity contribution >= 4 is 12.8 Å². The van der Waals surface area contributed by atoms with Crippen LogP contribution in [0.15, 0.2) is 0 Å². The molecule has 0 aliphatic rings. The van der Waals surface area contributed by atoms with Crippen molar-refractivity contribution in [1.29, 1.82) is 0 Å². The van der Waals surface area contributed by atoms with Gasteiger partial charge in [0, 0.05) is 131 Å². The molecule has 0 bridgehead atoms. The first-order chi connectivity index (χ1) is 2.83. The molecule has 1 N–H and O–H groups in total. The summed E-state index contributed by atoms with van der Waals surface area (Å²) in [5.74, 6) is 0. The topological polar surface area (TPSA) is 54.4 Å². The molecule has 0 saturated heterocycles. The van der Waals surface area contributed by atoms with Crippen LogP contribution >= 0.6 is 0 Å². The SMILES string of the molecule is C[C-]=O.O=[C-]O.[Y].[Y].[Y].[Y]. The van der Waals surface area contributed by atoms with Gasteiger partial charge in [-0.1, -0.05) is 6.47 Å². The van der Waals surface area contributed by atoms with Crippen molar-refractivity contribution in [2.75, 3.05) is 0 Å². The molecule has 0 atom stereocenters. The fourth-order valence-corrected chi connectivity index (χ4v) is 0. The van der Waals surface area contributed by atoms with Crippen molar-refractivity contribution in [2.45, 2.75) is 6.92 Å². The van der Waals surface area contributed by atoms with E-state index >= 15 is 0 Å². The minimum atomic E-state index is 0. The van der Waals surface area contributed by atoms with E-state index in [4.69, 9.17) is 14.7 Å². The first-order valence-corrected chi connectivity index (χ1v) is 1.13. The summed E-state index contributed by atoms with van der Waals surface area (Å²) < 4.78 is 0. The molecule has 0 aromatic rings. The van der Waals surface area contributed by atoms with Crippen molar-refractivity contribution in [3.63, 3.8) is 0 Å². The molecule has 0 aliphatic carbocycles. The molecule has 3 nitrogen and oxygen atoms in total. The second-order valence-corrected chi connectivity index (χ2v) is 0.295. The van der Waals surface area contributed by atoms with E-state index in [1.807, 2.05) is 0 Å². The molecule has 0 rings (SSSR count). The van der Waals surface area contributed by atoms with Gasteiger partial charge < -0.3 is 14.7 Å². The van der Waals surface area contributed by atoms with Crippen LogP contribution in [0.3, 0.4) is 0 Å². The van der Waals surface area contributed by atoms with Gasteiger partial charge in [-0.2, -0.15) is 6.92 Å². The monoisotopic (exact) mass is 444 g/mol. The summed E-state index contributed by atoms with van der Waals surface area (Å²) in [6.07, 6.45) is 1.50. The Morgan fingerprint density at radius 1 is 1.00 bits per heavy atom. The summed E-state index contributed by atoms with van der Waals surface area (Å²) >= 11 is 0. The third kappa shape index (κ3) is 102. The quantitative estimate of drug-likeness (QED) is 0.524. The van der Waals surface area contributed by atoms with Gasteiger partial charge in [0.15, 0.2) is 0 Å². The molecule has 4 radical (unpaired) electrons. The van der Waals surface area contributed by atoms with Crippen molar-refractivity contribution < 1.29 is 146 Å². The fraction of sp³-hybridized carbons (Fsp3) is 0.333. The zero-order valence-electron chi connectivity index (χ0n) is 5.57. The van der Waals surface area contributed by atoms with Gasteiger partial charge >= 0.3 is 0 Å². The molecule has 0 aromatic carbocycles. The largest absolute Gasteiger partial charge is 0.665 e. The molecule has 0 aliphatic heterocycles. The Kier molecular flexibility index (Phi) is 203. The molecular formula is C3H4O3Y4-2. The van der Waals surface area contributed by atoms with Gasteiger partial charge in [-0.15, -0.1) is 0 Å². The predicted molar refractivity (Wildman–Crippen MR) is 19.7 cm³/mol. The number of hydrogen-bond acceptors (Lipinski definition) is 2. The third-order valence-corrected chi connectivity index (χ3v) is 0. The maximum atomic E-state index is 8.68. The van der Waals surface area contributed by atoms with Gasteiger partial charge in [0.2, 0.25) is 0 Å². The van der Waals surface area contributed by atoms with Crippen LogP contribution in [0.25, 0.3) is 0 Å². The Morgan fingerprint density at radius 2 is 1.00 bits per heavy atom. The Hall–Kier alpha value is 3.56.